The Morgan fingerprint density at radius 3 is 2.71 bits per heavy atom. The summed E-state index contributed by atoms with van der Waals surface area (Å²) in [6, 6.07) is 2.17. The van der Waals surface area contributed by atoms with E-state index in [-0.39, 0.29) is 18.0 Å². The van der Waals surface area contributed by atoms with Gasteiger partial charge in [-0.25, -0.2) is 13.6 Å². The number of ether oxygens (including phenoxy) is 2. The summed E-state index contributed by atoms with van der Waals surface area (Å²) < 4.78 is 36.2. The predicted octanol–water partition coefficient (Wildman–Crippen LogP) is 1.95. The molecule has 1 aromatic carbocycles. The minimum absolute atomic E-state index is 0.205. The lowest BCUT2D eigenvalue weighted by Crippen LogP contribution is -2.15. The summed E-state index contributed by atoms with van der Waals surface area (Å²) in [6.07, 6.45) is 0. The third-order valence-corrected chi connectivity index (χ3v) is 1.96. The highest BCUT2D eigenvalue weighted by molar-refractivity contribution is 5.71. The maximum Gasteiger partial charge on any atom is 0.344 e. The normalized spacial score (nSPS) is 9.88. The Balaban J connectivity index is 2.75. The maximum atomic E-state index is 13.6. The molecule has 0 fully saturated rings. The molecule has 0 amide bonds. The second kappa shape index (κ2) is 6.03. The first kappa shape index (κ1) is 13.2. The highest BCUT2D eigenvalue weighted by Crippen LogP contribution is 2.26. The number of halogens is 2. The number of nitrogens with one attached hydrogen (secondary N) is 1. The molecule has 0 saturated heterocycles. The third-order valence-electron chi connectivity index (χ3n) is 1.96. The zero-order valence-corrected chi connectivity index (χ0v) is 9.55. The lowest BCUT2D eigenvalue weighted by atomic mass is 10.2. The van der Waals surface area contributed by atoms with Gasteiger partial charge in [0, 0.05) is 7.05 Å². The summed E-state index contributed by atoms with van der Waals surface area (Å²) in [5.74, 6) is -2.42. The van der Waals surface area contributed by atoms with Gasteiger partial charge in [-0.05, 0) is 19.1 Å². The van der Waals surface area contributed by atoms with Crippen molar-refractivity contribution in [3.05, 3.63) is 23.8 Å². The van der Waals surface area contributed by atoms with E-state index in [1.807, 2.05) is 0 Å². The Bertz CT molecular complexity index is 410. The van der Waals surface area contributed by atoms with Crippen LogP contribution < -0.4 is 10.1 Å². The van der Waals surface area contributed by atoms with Crippen LogP contribution in [0.15, 0.2) is 12.1 Å². The quantitative estimate of drug-likeness (QED) is 0.805. The molecule has 0 saturated carbocycles. The van der Waals surface area contributed by atoms with E-state index in [9.17, 15) is 13.6 Å². The molecule has 0 aliphatic carbocycles. The summed E-state index contributed by atoms with van der Waals surface area (Å²) in [6.45, 7) is 1.45. The molecule has 0 aliphatic rings. The molecule has 0 spiro atoms. The van der Waals surface area contributed by atoms with Crippen LogP contribution in [-0.2, 0) is 9.53 Å². The van der Waals surface area contributed by atoms with Crippen molar-refractivity contribution in [3.63, 3.8) is 0 Å². The summed E-state index contributed by atoms with van der Waals surface area (Å²) in [7, 11) is 1.39. The van der Waals surface area contributed by atoms with E-state index in [4.69, 9.17) is 4.74 Å². The van der Waals surface area contributed by atoms with Crippen LogP contribution in [0.25, 0.3) is 0 Å². The van der Waals surface area contributed by atoms with Crippen molar-refractivity contribution < 1.29 is 23.0 Å². The van der Waals surface area contributed by atoms with Crippen molar-refractivity contribution >= 4 is 11.7 Å². The zero-order valence-electron chi connectivity index (χ0n) is 9.55. The molecule has 0 aliphatic heterocycles. The number of carbonyl (C=O) groups is 1. The van der Waals surface area contributed by atoms with Crippen molar-refractivity contribution in [1.82, 2.24) is 0 Å². The highest BCUT2D eigenvalue weighted by atomic mass is 19.1. The van der Waals surface area contributed by atoms with Crippen LogP contribution in [0.4, 0.5) is 14.5 Å². The van der Waals surface area contributed by atoms with Gasteiger partial charge in [0.2, 0.25) is 0 Å². The first-order chi connectivity index (χ1) is 8.10. The van der Waals surface area contributed by atoms with E-state index in [0.717, 1.165) is 12.1 Å². The van der Waals surface area contributed by atoms with Crippen LogP contribution in [-0.4, -0.2) is 26.2 Å². The van der Waals surface area contributed by atoms with E-state index in [0.29, 0.717) is 0 Å². The minimum atomic E-state index is -0.878. The molecule has 4 nitrogen and oxygen atoms in total. The molecule has 1 N–H and O–H groups in total. The van der Waals surface area contributed by atoms with Gasteiger partial charge in [-0.1, -0.05) is 0 Å². The third kappa shape index (κ3) is 3.30. The first-order valence-electron chi connectivity index (χ1n) is 5.04. The molecule has 6 heteroatoms. The van der Waals surface area contributed by atoms with Crippen LogP contribution in [0, 0.1) is 11.6 Å². The van der Waals surface area contributed by atoms with E-state index in [1.54, 1.807) is 6.92 Å². The van der Waals surface area contributed by atoms with Gasteiger partial charge in [-0.2, -0.15) is 0 Å². The predicted molar refractivity (Wildman–Crippen MR) is 58.0 cm³/mol. The largest absolute Gasteiger partial charge is 0.479 e. The van der Waals surface area contributed by atoms with Gasteiger partial charge in [-0.3, -0.25) is 0 Å². The Hall–Kier alpha value is -1.85. The Kier molecular flexibility index (Phi) is 4.68. The van der Waals surface area contributed by atoms with Gasteiger partial charge in [0.05, 0.1) is 6.61 Å². The summed E-state index contributed by atoms with van der Waals surface area (Å²) in [5.41, 5.74) is -0.300. The lowest BCUT2D eigenvalue weighted by Gasteiger charge is -2.10. The van der Waals surface area contributed by atoms with Crippen LogP contribution in [0.2, 0.25) is 0 Å². The smallest absolute Gasteiger partial charge is 0.344 e. The van der Waals surface area contributed by atoms with Gasteiger partial charge in [0.1, 0.15) is 11.5 Å². The van der Waals surface area contributed by atoms with Crippen LogP contribution in [0.1, 0.15) is 6.92 Å². The molecule has 94 valence electrons. The molecule has 0 atom stereocenters. The van der Waals surface area contributed by atoms with Crippen molar-refractivity contribution in [2.75, 3.05) is 25.6 Å². The molecule has 0 radical (unpaired) electrons. The fraction of sp³-hybridized carbons (Fsp3) is 0.364. The Morgan fingerprint density at radius 1 is 1.41 bits per heavy atom. The van der Waals surface area contributed by atoms with E-state index in [2.05, 4.69) is 10.1 Å². The van der Waals surface area contributed by atoms with Crippen molar-refractivity contribution in [3.8, 4) is 5.75 Å². The summed E-state index contributed by atoms with van der Waals surface area (Å²) >= 11 is 0. The van der Waals surface area contributed by atoms with E-state index in [1.165, 1.54) is 7.05 Å². The van der Waals surface area contributed by atoms with Crippen LogP contribution in [0.5, 0.6) is 5.75 Å². The molecule has 0 unspecified atom stereocenters. The van der Waals surface area contributed by atoms with Gasteiger partial charge < -0.3 is 14.8 Å². The van der Waals surface area contributed by atoms with Gasteiger partial charge >= 0.3 is 5.97 Å². The molecule has 1 aromatic rings. The van der Waals surface area contributed by atoms with Gasteiger partial charge in [0.15, 0.2) is 18.2 Å². The molecule has 1 rings (SSSR count). The van der Waals surface area contributed by atoms with Gasteiger partial charge in [0.25, 0.3) is 0 Å². The standard InChI is InChI=1S/C11H13F2NO3/c1-3-16-9(15)6-17-8-5-4-7(12)11(14-2)10(8)13/h4-5,14H,3,6H2,1-2H3. The van der Waals surface area contributed by atoms with Gasteiger partial charge in [-0.15, -0.1) is 0 Å². The molecule has 0 aromatic heterocycles. The van der Waals surface area contributed by atoms with Crippen molar-refractivity contribution in [2.45, 2.75) is 6.92 Å². The number of rotatable bonds is 5. The number of hydrogen-bond donors (Lipinski definition) is 1. The second-order valence-electron chi connectivity index (χ2n) is 3.08. The lowest BCUT2D eigenvalue weighted by molar-refractivity contribution is -0.145. The average Bonchev–Trinajstić information content (AvgIpc) is 2.29. The topological polar surface area (TPSA) is 47.6 Å². The van der Waals surface area contributed by atoms with Crippen LogP contribution in [0.3, 0.4) is 0 Å². The summed E-state index contributed by atoms with van der Waals surface area (Å²) in [4.78, 5) is 11.0. The van der Waals surface area contributed by atoms with Crippen molar-refractivity contribution in [1.29, 1.82) is 0 Å². The number of carbonyl (C=O) groups excluding carboxylic acids is 1. The molecular weight excluding hydrogens is 232 g/mol. The number of anilines is 1. The minimum Gasteiger partial charge on any atom is -0.479 e. The molecule has 0 bridgehead atoms. The monoisotopic (exact) mass is 245 g/mol. The Morgan fingerprint density at radius 2 is 2.12 bits per heavy atom. The zero-order chi connectivity index (χ0) is 12.8. The Labute approximate surface area is 97.5 Å². The first-order valence-corrected chi connectivity index (χ1v) is 5.04. The fourth-order valence-electron chi connectivity index (χ4n) is 1.21. The van der Waals surface area contributed by atoms with E-state index < -0.39 is 24.2 Å². The number of benzene rings is 1. The summed E-state index contributed by atoms with van der Waals surface area (Å²) in [5, 5.41) is 2.37. The second-order valence-corrected chi connectivity index (χ2v) is 3.08. The van der Waals surface area contributed by atoms with Crippen LogP contribution >= 0.6 is 0 Å². The fourth-order valence-corrected chi connectivity index (χ4v) is 1.21. The number of esters is 1. The van der Waals surface area contributed by atoms with Crippen molar-refractivity contribution in [2.24, 2.45) is 0 Å². The molecule has 17 heavy (non-hydrogen) atoms. The molecule has 0 heterocycles. The highest BCUT2D eigenvalue weighted by Gasteiger charge is 2.14. The van der Waals surface area contributed by atoms with E-state index >= 15 is 0 Å². The molecular formula is C11H13F2NO3. The average molecular weight is 245 g/mol. The number of hydrogen-bond acceptors (Lipinski definition) is 4. The maximum absolute atomic E-state index is 13.6. The SMILES string of the molecule is CCOC(=O)COc1ccc(F)c(NC)c1F.